The Hall–Kier alpha value is -2.04. The van der Waals surface area contributed by atoms with Crippen LogP contribution in [-0.2, 0) is 0 Å². The number of nitrogens with zero attached hydrogens (tertiary/aromatic N) is 1. The van der Waals surface area contributed by atoms with Gasteiger partial charge in [-0.15, -0.1) is 0 Å². The lowest BCUT2D eigenvalue weighted by atomic mass is 10.1. The Balaban J connectivity index is 1.75. The van der Waals surface area contributed by atoms with Gasteiger partial charge in [0.1, 0.15) is 5.52 Å². The number of hydrogen-bond donors (Lipinski definition) is 2. The van der Waals surface area contributed by atoms with Gasteiger partial charge in [0, 0.05) is 6.54 Å². The van der Waals surface area contributed by atoms with Crippen molar-refractivity contribution in [3.05, 3.63) is 23.8 Å². The Morgan fingerprint density at radius 2 is 2.21 bits per heavy atom. The van der Waals surface area contributed by atoms with Gasteiger partial charge >= 0.3 is 5.97 Å². The van der Waals surface area contributed by atoms with E-state index in [0.717, 1.165) is 6.54 Å². The number of rotatable bonds is 4. The highest BCUT2D eigenvalue weighted by atomic mass is 16.4. The molecule has 3 rings (SSSR count). The molecular weight excluding hydrogens is 244 g/mol. The summed E-state index contributed by atoms with van der Waals surface area (Å²) in [5, 5.41) is 12.1. The number of benzene rings is 1. The molecule has 0 amide bonds. The number of carbonyl (C=O) groups is 1. The van der Waals surface area contributed by atoms with Gasteiger partial charge in [-0.05, 0) is 37.0 Å². The van der Waals surface area contributed by atoms with Crippen molar-refractivity contribution in [1.82, 2.24) is 4.98 Å². The van der Waals surface area contributed by atoms with E-state index in [1.807, 2.05) is 0 Å². The van der Waals surface area contributed by atoms with Crippen LogP contribution in [-0.4, -0.2) is 22.6 Å². The first kappa shape index (κ1) is 12.0. The van der Waals surface area contributed by atoms with Crippen molar-refractivity contribution in [2.75, 3.05) is 11.9 Å². The van der Waals surface area contributed by atoms with Crippen LogP contribution >= 0.6 is 0 Å². The highest BCUT2D eigenvalue weighted by Gasteiger charge is 2.16. The maximum atomic E-state index is 10.9. The summed E-state index contributed by atoms with van der Waals surface area (Å²) in [6, 6.07) is 5.19. The molecule has 0 bridgehead atoms. The zero-order chi connectivity index (χ0) is 13.2. The summed E-state index contributed by atoms with van der Waals surface area (Å²) < 4.78 is 5.53. The van der Waals surface area contributed by atoms with Gasteiger partial charge in [-0.2, -0.15) is 4.98 Å². The lowest BCUT2D eigenvalue weighted by Crippen LogP contribution is -2.10. The number of anilines is 1. The Labute approximate surface area is 110 Å². The molecular formula is C14H16N2O3. The van der Waals surface area contributed by atoms with Gasteiger partial charge in [-0.3, -0.25) is 0 Å². The minimum Gasteiger partial charge on any atom is -0.478 e. The first-order valence-electron chi connectivity index (χ1n) is 6.60. The number of nitrogens with one attached hydrogen (secondary N) is 1. The molecule has 1 aliphatic rings. The van der Waals surface area contributed by atoms with Gasteiger partial charge in [0.05, 0.1) is 5.56 Å². The van der Waals surface area contributed by atoms with Crippen LogP contribution in [0.2, 0.25) is 0 Å². The Morgan fingerprint density at radius 1 is 1.42 bits per heavy atom. The monoisotopic (exact) mass is 260 g/mol. The van der Waals surface area contributed by atoms with Crippen LogP contribution in [0.3, 0.4) is 0 Å². The molecule has 1 saturated carbocycles. The molecule has 2 N–H and O–H groups in total. The molecule has 1 fully saturated rings. The van der Waals surface area contributed by atoms with Crippen molar-refractivity contribution in [2.45, 2.75) is 25.7 Å². The third-order valence-electron chi connectivity index (χ3n) is 3.65. The zero-order valence-corrected chi connectivity index (χ0v) is 10.6. The smallest absolute Gasteiger partial charge is 0.335 e. The topological polar surface area (TPSA) is 75.4 Å². The fourth-order valence-corrected chi connectivity index (χ4v) is 2.58. The van der Waals surface area contributed by atoms with Crippen molar-refractivity contribution in [2.24, 2.45) is 5.92 Å². The van der Waals surface area contributed by atoms with Gasteiger partial charge in [-0.1, -0.05) is 12.8 Å². The molecule has 0 saturated heterocycles. The summed E-state index contributed by atoms with van der Waals surface area (Å²) >= 11 is 0. The molecule has 1 aromatic carbocycles. The molecule has 19 heavy (non-hydrogen) atoms. The summed E-state index contributed by atoms with van der Waals surface area (Å²) in [4.78, 5) is 15.2. The van der Waals surface area contributed by atoms with Crippen LogP contribution in [0.5, 0.6) is 0 Å². The number of carboxylic acid groups (broad SMARTS) is 1. The molecule has 100 valence electrons. The summed E-state index contributed by atoms with van der Waals surface area (Å²) in [5.74, 6) is -0.261. The maximum absolute atomic E-state index is 10.9. The largest absolute Gasteiger partial charge is 0.478 e. The Kier molecular flexibility index (Phi) is 3.11. The second-order valence-corrected chi connectivity index (χ2v) is 5.04. The van der Waals surface area contributed by atoms with Gasteiger partial charge in [-0.25, -0.2) is 4.79 Å². The minimum atomic E-state index is -0.959. The molecule has 0 unspecified atom stereocenters. The van der Waals surface area contributed by atoms with Crippen LogP contribution in [0, 0.1) is 5.92 Å². The van der Waals surface area contributed by atoms with Crippen molar-refractivity contribution in [3.63, 3.8) is 0 Å². The van der Waals surface area contributed by atoms with Crippen molar-refractivity contribution < 1.29 is 14.3 Å². The molecule has 2 aromatic rings. The van der Waals surface area contributed by atoms with E-state index in [4.69, 9.17) is 9.52 Å². The Morgan fingerprint density at radius 3 is 2.95 bits per heavy atom. The zero-order valence-electron chi connectivity index (χ0n) is 10.6. The van der Waals surface area contributed by atoms with Gasteiger partial charge in [0.2, 0.25) is 0 Å². The molecule has 0 radical (unpaired) electrons. The molecule has 1 aliphatic carbocycles. The number of hydrogen-bond acceptors (Lipinski definition) is 4. The average molecular weight is 260 g/mol. The summed E-state index contributed by atoms with van der Waals surface area (Å²) in [7, 11) is 0. The molecule has 5 heteroatoms. The second-order valence-electron chi connectivity index (χ2n) is 5.04. The van der Waals surface area contributed by atoms with Gasteiger partial charge < -0.3 is 14.8 Å². The number of aromatic nitrogens is 1. The number of fused-ring (bicyclic) bond motifs is 1. The predicted octanol–water partition coefficient (Wildman–Crippen LogP) is 3.13. The number of aromatic carboxylic acids is 1. The quantitative estimate of drug-likeness (QED) is 0.883. The van der Waals surface area contributed by atoms with Gasteiger partial charge in [0.25, 0.3) is 6.01 Å². The number of carboxylic acids is 1. The lowest BCUT2D eigenvalue weighted by Gasteiger charge is -2.07. The molecule has 1 aromatic heterocycles. The molecule has 5 nitrogen and oxygen atoms in total. The van der Waals surface area contributed by atoms with E-state index in [-0.39, 0.29) is 5.56 Å². The van der Waals surface area contributed by atoms with Crippen molar-refractivity contribution in [3.8, 4) is 0 Å². The van der Waals surface area contributed by atoms with Crippen molar-refractivity contribution in [1.29, 1.82) is 0 Å². The van der Waals surface area contributed by atoms with E-state index < -0.39 is 5.97 Å². The van der Waals surface area contributed by atoms with E-state index in [1.165, 1.54) is 37.8 Å². The molecule has 0 atom stereocenters. The first-order chi connectivity index (χ1) is 9.22. The summed E-state index contributed by atoms with van der Waals surface area (Å²) in [6.45, 7) is 0.874. The van der Waals surface area contributed by atoms with E-state index >= 15 is 0 Å². The van der Waals surface area contributed by atoms with Crippen LogP contribution in [0.4, 0.5) is 6.01 Å². The Bertz CT molecular complexity index is 600. The standard InChI is InChI=1S/C14H16N2O3/c17-13(18)10-5-6-11-12(7-10)19-14(16-11)15-8-9-3-1-2-4-9/h5-7,9H,1-4,8H2,(H,15,16)(H,17,18). The third-order valence-corrected chi connectivity index (χ3v) is 3.65. The van der Waals surface area contributed by atoms with Crippen molar-refractivity contribution >= 4 is 23.1 Å². The van der Waals surface area contributed by atoms with Crippen LogP contribution in [0.1, 0.15) is 36.0 Å². The summed E-state index contributed by atoms with van der Waals surface area (Å²) in [5.41, 5.74) is 1.40. The fraction of sp³-hybridized carbons (Fsp3) is 0.429. The summed E-state index contributed by atoms with van der Waals surface area (Å²) in [6.07, 6.45) is 5.14. The van der Waals surface area contributed by atoms with Gasteiger partial charge in [0.15, 0.2) is 5.58 Å². The minimum absolute atomic E-state index is 0.214. The maximum Gasteiger partial charge on any atom is 0.335 e. The first-order valence-corrected chi connectivity index (χ1v) is 6.60. The van der Waals surface area contributed by atoms with E-state index in [0.29, 0.717) is 23.0 Å². The predicted molar refractivity (Wildman–Crippen MR) is 71.4 cm³/mol. The van der Waals surface area contributed by atoms with E-state index in [1.54, 1.807) is 6.07 Å². The third kappa shape index (κ3) is 2.54. The normalized spacial score (nSPS) is 16.0. The fourth-order valence-electron chi connectivity index (χ4n) is 2.58. The van der Waals surface area contributed by atoms with E-state index in [9.17, 15) is 4.79 Å². The number of oxazole rings is 1. The SMILES string of the molecule is O=C(O)c1ccc2nc(NCC3CCCC3)oc2c1. The molecule has 1 heterocycles. The lowest BCUT2D eigenvalue weighted by molar-refractivity contribution is 0.0697. The molecule has 0 aliphatic heterocycles. The molecule has 0 spiro atoms. The average Bonchev–Trinajstić information content (AvgIpc) is 3.04. The highest BCUT2D eigenvalue weighted by Crippen LogP contribution is 2.26. The van der Waals surface area contributed by atoms with Crippen LogP contribution < -0.4 is 5.32 Å². The van der Waals surface area contributed by atoms with E-state index in [2.05, 4.69) is 10.3 Å². The second kappa shape index (κ2) is 4.91. The highest BCUT2D eigenvalue weighted by molar-refractivity contribution is 5.92. The van der Waals surface area contributed by atoms with Crippen LogP contribution in [0.15, 0.2) is 22.6 Å². The van der Waals surface area contributed by atoms with Crippen LogP contribution in [0.25, 0.3) is 11.1 Å².